The summed E-state index contributed by atoms with van der Waals surface area (Å²) in [5.74, 6) is 1.84. The fraction of sp³-hybridized carbons (Fsp3) is 0.0909. The smallest absolute Gasteiger partial charge is 0.108 e. The van der Waals surface area contributed by atoms with Gasteiger partial charge in [0.05, 0.1) is 5.52 Å². The maximum atomic E-state index is 5.94. The lowest BCUT2D eigenvalue weighted by molar-refractivity contribution is 1.23. The van der Waals surface area contributed by atoms with Crippen molar-refractivity contribution in [3.05, 3.63) is 35.2 Å². The van der Waals surface area contributed by atoms with Gasteiger partial charge in [0.15, 0.2) is 0 Å². The van der Waals surface area contributed by atoms with Crippen molar-refractivity contribution in [1.82, 2.24) is 4.57 Å². The number of nitrogens with zero attached hydrogens (tertiary/aromatic N) is 1. The van der Waals surface area contributed by atoms with E-state index in [2.05, 4.69) is 28.2 Å². The minimum Gasteiger partial charge on any atom is -0.385 e. The molecule has 0 saturated carbocycles. The lowest BCUT2D eigenvalue weighted by Crippen LogP contribution is -1.94. The predicted octanol–water partition coefficient (Wildman–Crippen LogP) is 2.90. The zero-order chi connectivity index (χ0) is 9.54. The van der Waals surface area contributed by atoms with Crippen molar-refractivity contribution in [3.8, 4) is 0 Å². The molecular weight excluding hydrogens is 192 g/mol. The number of hydrogen-bond acceptors (Lipinski definition) is 2. The van der Waals surface area contributed by atoms with Gasteiger partial charge in [0.1, 0.15) is 5.82 Å². The molecule has 0 amide bonds. The van der Waals surface area contributed by atoms with Gasteiger partial charge in [-0.05, 0) is 17.0 Å². The molecule has 1 aliphatic rings. The molecule has 0 atom stereocenters. The summed E-state index contributed by atoms with van der Waals surface area (Å²) < 4.78 is 2.06. The first-order valence-electron chi connectivity index (χ1n) is 4.53. The van der Waals surface area contributed by atoms with Crippen LogP contribution in [0, 0.1) is 0 Å². The summed E-state index contributed by atoms with van der Waals surface area (Å²) in [6, 6.07) is 8.39. The first-order chi connectivity index (χ1) is 6.86. The first kappa shape index (κ1) is 8.00. The van der Waals surface area contributed by atoms with Crippen molar-refractivity contribution in [2.45, 2.75) is 5.75 Å². The maximum Gasteiger partial charge on any atom is 0.108 e. The molecule has 0 saturated heterocycles. The molecule has 0 bridgehead atoms. The van der Waals surface area contributed by atoms with Crippen LogP contribution in [0.4, 0.5) is 5.82 Å². The minimum absolute atomic E-state index is 0.811. The van der Waals surface area contributed by atoms with Gasteiger partial charge in [0.25, 0.3) is 0 Å². The summed E-state index contributed by atoms with van der Waals surface area (Å²) in [7, 11) is 0. The Morgan fingerprint density at radius 3 is 3.21 bits per heavy atom. The molecule has 0 aliphatic carbocycles. The summed E-state index contributed by atoms with van der Waals surface area (Å²) >= 11 is 1.80. The molecule has 1 aromatic heterocycles. The lowest BCUT2D eigenvalue weighted by Gasteiger charge is -2.02. The van der Waals surface area contributed by atoms with Crippen LogP contribution in [0.2, 0.25) is 0 Å². The third-order valence-electron chi connectivity index (χ3n) is 2.52. The third-order valence-corrected chi connectivity index (χ3v) is 3.31. The van der Waals surface area contributed by atoms with Gasteiger partial charge in [-0.25, -0.2) is 0 Å². The Morgan fingerprint density at radius 2 is 2.29 bits per heavy atom. The second kappa shape index (κ2) is 2.82. The molecular formula is C11H10N2S. The lowest BCUT2D eigenvalue weighted by atomic mass is 10.2. The molecule has 0 radical (unpaired) electrons. The second-order valence-corrected chi connectivity index (χ2v) is 4.28. The number of anilines is 1. The molecule has 1 aliphatic heterocycles. The third kappa shape index (κ3) is 0.990. The van der Waals surface area contributed by atoms with Gasteiger partial charge >= 0.3 is 0 Å². The normalized spacial score (nSPS) is 14.6. The van der Waals surface area contributed by atoms with Crippen molar-refractivity contribution < 1.29 is 0 Å². The Hall–Kier alpha value is -1.35. The average molecular weight is 202 g/mol. The molecule has 0 spiro atoms. The highest BCUT2D eigenvalue weighted by Crippen LogP contribution is 2.30. The molecule has 0 fully saturated rings. The van der Waals surface area contributed by atoms with Crippen molar-refractivity contribution in [2.75, 3.05) is 5.73 Å². The standard InChI is InChI=1S/C11H10N2S/c12-10-6-8-2-1-3-9-7-14-5-4-13(10)11(8)9/h1-6H,7,12H2. The summed E-state index contributed by atoms with van der Waals surface area (Å²) in [4.78, 5) is 0. The van der Waals surface area contributed by atoms with Crippen molar-refractivity contribution >= 4 is 34.7 Å². The maximum absolute atomic E-state index is 5.94. The van der Waals surface area contributed by atoms with Gasteiger partial charge in [-0.1, -0.05) is 18.2 Å². The van der Waals surface area contributed by atoms with E-state index in [1.54, 1.807) is 11.8 Å². The number of aromatic nitrogens is 1. The SMILES string of the molecule is Nc1cc2cccc3c2n1C=CSC3. The Kier molecular flexibility index (Phi) is 1.61. The Labute approximate surface area is 86.4 Å². The fourth-order valence-corrected chi connectivity index (χ4v) is 2.61. The number of nitrogen functional groups attached to an aromatic ring is 1. The predicted molar refractivity (Wildman–Crippen MR) is 63.0 cm³/mol. The van der Waals surface area contributed by atoms with Crippen LogP contribution < -0.4 is 5.73 Å². The minimum atomic E-state index is 0.811. The highest BCUT2D eigenvalue weighted by atomic mass is 32.2. The summed E-state index contributed by atoms with van der Waals surface area (Å²) in [5.41, 5.74) is 8.55. The van der Waals surface area contributed by atoms with Crippen molar-refractivity contribution in [1.29, 1.82) is 0 Å². The zero-order valence-corrected chi connectivity index (χ0v) is 8.42. The molecule has 2 aromatic rings. The van der Waals surface area contributed by atoms with Crippen LogP contribution in [-0.2, 0) is 5.75 Å². The van der Waals surface area contributed by atoms with Crippen LogP contribution in [0.25, 0.3) is 17.1 Å². The highest BCUT2D eigenvalue weighted by molar-refractivity contribution is 8.01. The van der Waals surface area contributed by atoms with Gasteiger partial charge in [-0.2, -0.15) is 0 Å². The molecule has 14 heavy (non-hydrogen) atoms. The summed E-state index contributed by atoms with van der Waals surface area (Å²) in [6.07, 6.45) is 2.04. The highest BCUT2D eigenvalue weighted by Gasteiger charge is 2.10. The van der Waals surface area contributed by atoms with Crippen LogP contribution in [0.1, 0.15) is 5.56 Å². The summed E-state index contributed by atoms with van der Waals surface area (Å²) in [6.45, 7) is 0. The number of thioether (sulfide) groups is 1. The first-order valence-corrected chi connectivity index (χ1v) is 5.58. The van der Waals surface area contributed by atoms with Crippen LogP contribution in [0.5, 0.6) is 0 Å². The van der Waals surface area contributed by atoms with E-state index in [0.29, 0.717) is 0 Å². The largest absolute Gasteiger partial charge is 0.385 e. The van der Waals surface area contributed by atoms with Gasteiger partial charge in [-0.15, -0.1) is 11.8 Å². The van der Waals surface area contributed by atoms with E-state index in [0.717, 1.165) is 11.6 Å². The Morgan fingerprint density at radius 1 is 1.36 bits per heavy atom. The molecule has 2 nitrogen and oxygen atoms in total. The van der Waals surface area contributed by atoms with E-state index in [9.17, 15) is 0 Å². The monoisotopic (exact) mass is 202 g/mol. The van der Waals surface area contributed by atoms with E-state index in [-0.39, 0.29) is 0 Å². The molecule has 3 heteroatoms. The van der Waals surface area contributed by atoms with Crippen LogP contribution in [0.3, 0.4) is 0 Å². The number of rotatable bonds is 0. The molecule has 1 aromatic carbocycles. The van der Waals surface area contributed by atoms with E-state index in [4.69, 9.17) is 5.73 Å². The van der Waals surface area contributed by atoms with Crippen LogP contribution >= 0.6 is 11.8 Å². The van der Waals surface area contributed by atoms with Gasteiger partial charge in [0.2, 0.25) is 0 Å². The van der Waals surface area contributed by atoms with Crippen LogP contribution in [0.15, 0.2) is 29.7 Å². The molecule has 2 heterocycles. The van der Waals surface area contributed by atoms with E-state index >= 15 is 0 Å². The van der Waals surface area contributed by atoms with E-state index in [1.807, 2.05) is 12.3 Å². The zero-order valence-electron chi connectivity index (χ0n) is 7.60. The van der Waals surface area contributed by atoms with Crippen molar-refractivity contribution in [3.63, 3.8) is 0 Å². The Bertz CT molecular complexity index is 525. The van der Waals surface area contributed by atoms with Gasteiger partial charge < -0.3 is 10.3 Å². The molecule has 70 valence electrons. The second-order valence-electron chi connectivity index (χ2n) is 3.39. The topological polar surface area (TPSA) is 30.9 Å². The molecule has 3 rings (SSSR count). The van der Waals surface area contributed by atoms with Gasteiger partial charge in [0, 0.05) is 17.3 Å². The Balaban J connectivity index is 2.50. The van der Waals surface area contributed by atoms with Gasteiger partial charge in [-0.3, -0.25) is 0 Å². The number of nitrogens with two attached hydrogens (primary N) is 1. The number of hydrogen-bond donors (Lipinski definition) is 1. The van der Waals surface area contributed by atoms with E-state index < -0.39 is 0 Å². The molecule has 2 N–H and O–H groups in total. The number of benzene rings is 1. The fourth-order valence-electron chi connectivity index (χ4n) is 1.90. The number of para-hydroxylation sites is 1. The van der Waals surface area contributed by atoms with E-state index in [1.165, 1.54) is 16.5 Å². The quantitative estimate of drug-likeness (QED) is 0.712. The van der Waals surface area contributed by atoms with Crippen molar-refractivity contribution in [2.24, 2.45) is 0 Å². The molecule has 0 unspecified atom stereocenters. The average Bonchev–Trinajstić information content (AvgIpc) is 2.39. The van der Waals surface area contributed by atoms with Crippen LogP contribution in [-0.4, -0.2) is 4.57 Å². The summed E-state index contributed by atoms with van der Waals surface area (Å²) in [5, 5.41) is 3.32.